The maximum atomic E-state index is 13.3. The van der Waals surface area contributed by atoms with E-state index in [-0.39, 0.29) is 30.1 Å². The van der Waals surface area contributed by atoms with Gasteiger partial charge in [0.05, 0.1) is 24.6 Å². The van der Waals surface area contributed by atoms with Crippen LogP contribution in [0.3, 0.4) is 0 Å². The molecule has 35 heavy (non-hydrogen) atoms. The Bertz CT molecular complexity index is 1160. The Balaban J connectivity index is 1.32. The monoisotopic (exact) mass is 474 g/mol. The Morgan fingerprint density at radius 1 is 0.971 bits per heavy atom. The summed E-state index contributed by atoms with van der Waals surface area (Å²) in [5.74, 6) is -2.29. The largest absolute Gasteiger partial charge is 0.495 e. The summed E-state index contributed by atoms with van der Waals surface area (Å²) in [5.41, 5.74) is 1.23. The molecule has 1 saturated heterocycles. The highest BCUT2D eigenvalue weighted by atomic mass is 16.5. The number of anilines is 1. The summed E-state index contributed by atoms with van der Waals surface area (Å²) in [5, 5.41) is 2.65. The van der Waals surface area contributed by atoms with E-state index in [1.807, 2.05) is 42.5 Å². The smallest absolute Gasteiger partial charge is 0.330 e. The van der Waals surface area contributed by atoms with Gasteiger partial charge in [0.15, 0.2) is 6.61 Å². The number of likely N-dealkylation sites (tertiary alicyclic amines) is 1. The average molecular weight is 475 g/mol. The Hall–Kier alpha value is -3.94. The van der Waals surface area contributed by atoms with Crippen LogP contribution in [0.25, 0.3) is 0 Å². The number of rotatable bonds is 8. The van der Waals surface area contributed by atoms with Crippen molar-refractivity contribution in [2.45, 2.75) is 18.9 Å². The normalized spacial score (nSPS) is 24.9. The molecular weight excluding hydrogens is 448 g/mol. The fourth-order valence-electron chi connectivity index (χ4n) is 5.52. The third-order valence-electron chi connectivity index (χ3n) is 7.09. The second kappa shape index (κ2) is 9.37. The molecule has 2 fully saturated rings. The van der Waals surface area contributed by atoms with E-state index in [2.05, 4.69) is 5.32 Å². The summed E-state index contributed by atoms with van der Waals surface area (Å²) in [4.78, 5) is 53.5. The van der Waals surface area contributed by atoms with Crippen molar-refractivity contribution in [2.24, 2.45) is 23.7 Å². The van der Waals surface area contributed by atoms with Gasteiger partial charge in [-0.15, -0.1) is 0 Å². The van der Waals surface area contributed by atoms with Crippen LogP contribution in [0.4, 0.5) is 5.69 Å². The summed E-state index contributed by atoms with van der Waals surface area (Å²) in [6, 6.07) is 14.9. The minimum Gasteiger partial charge on any atom is -0.495 e. The van der Waals surface area contributed by atoms with E-state index in [0.717, 1.165) is 16.9 Å². The number of hydrogen-bond donors (Lipinski definition) is 1. The highest BCUT2D eigenvalue weighted by Crippen LogP contribution is 2.53. The fourth-order valence-corrected chi connectivity index (χ4v) is 5.52. The Morgan fingerprint density at radius 2 is 1.60 bits per heavy atom. The first kappa shape index (κ1) is 22.8. The van der Waals surface area contributed by atoms with E-state index in [1.165, 1.54) is 7.11 Å². The molecule has 5 atom stereocenters. The fraction of sp³-hybridized carbons (Fsp3) is 0.333. The zero-order valence-corrected chi connectivity index (χ0v) is 19.3. The van der Waals surface area contributed by atoms with Crippen molar-refractivity contribution >= 4 is 29.4 Å². The number of carbonyl (C=O) groups is 4. The van der Waals surface area contributed by atoms with Crippen molar-refractivity contribution in [3.05, 3.63) is 72.3 Å². The number of nitrogens with one attached hydrogen (secondary N) is 1. The molecule has 1 N–H and O–H groups in total. The molecule has 5 rings (SSSR count). The number of amides is 3. The van der Waals surface area contributed by atoms with Crippen LogP contribution in [-0.2, 0) is 30.3 Å². The third kappa shape index (κ3) is 4.20. The molecule has 2 aliphatic carbocycles. The Morgan fingerprint density at radius 3 is 2.26 bits per heavy atom. The summed E-state index contributed by atoms with van der Waals surface area (Å²) < 4.78 is 10.5. The van der Waals surface area contributed by atoms with Crippen LogP contribution in [0.2, 0.25) is 0 Å². The lowest BCUT2D eigenvalue weighted by atomic mass is 9.85. The van der Waals surface area contributed by atoms with Gasteiger partial charge in [-0.1, -0.05) is 54.6 Å². The van der Waals surface area contributed by atoms with Gasteiger partial charge in [-0.05, 0) is 36.0 Å². The lowest BCUT2D eigenvalue weighted by molar-refractivity contribution is -0.160. The van der Waals surface area contributed by atoms with Crippen LogP contribution in [-0.4, -0.2) is 48.3 Å². The van der Waals surface area contributed by atoms with E-state index in [1.54, 1.807) is 24.3 Å². The number of carbonyl (C=O) groups excluding carboxylic acids is 4. The standard InChI is InChI=1S/C27H26N2O6/c1-34-21-10-6-5-9-19(21)28-22(30)15-35-27(33)20(13-16-7-3-2-4-8-16)29-25(31)23-17-11-12-18(14-17)24(23)26(29)32/h2-12,17-18,20,23-24H,13-15H2,1H3,(H,28,30)/t17-,18-,20-,23-,24+/m0/s1. The molecule has 1 aliphatic heterocycles. The maximum Gasteiger partial charge on any atom is 0.330 e. The maximum absolute atomic E-state index is 13.3. The Kier molecular flexibility index (Phi) is 6.11. The number of hydrogen-bond acceptors (Lipinski definition) is 6. The van der Waals surface area contributed by atoms with Crippen LogP contribution < -0.4 is 10.1 Å². The molecule has 3 aliphatic rings. The molecule has 1 heterocycles. The second-order valence-corrected chi connectivity index (χ2v) is 9.11. The van der Waals surface area contributed by atoms with Gasteiger partial charge in [0, 0.05) is 6.42 Å². The molecule has 3 amide bonds. The van der Waals surface area contributed by atoms with Crippen molar-refractivity contribution in [3.8, 4) is 5.75 Å². The van der Waals surface area contributed by atoms with Crippen molar-refractivity contribution in [3.63, 3.8) is 0 Å². The quantitative estimate of drug-likeness (QED) is 0.359. The molecule has 0 spiro atoms. The zero-order valence-electron chi connectivity index (χ0n) is 19.3. The summed E-state index contributed by atoms with van der Waals surface area (Å²) in [7, 11) is 1.49. The van der Waals surface area contributed by atoms with E-state index in [0.29, 0.717) is 11.4 Å². The van der Waals surface area contributed by atoms with Gasteiger partial charge in [-0.2, -0.15) is 0 Å². The minimum atomic E-state index is -1.14. The molecular formula is C27H26N2O6. The van der Waals surface area contributed by atoms with Crippen molar-refractivity contribution in [1.82, 2.24) is 4.90 Å². The predicted octanol–water partition coefficient (Wildman–Crippen LogP) is 2.60. The first-order valence-corrected chi connectivity index (χ1v) is 11.7. The van der Waals surface area contributed by atoms with Gasteiger partial charge in [-0.25, -0.2) is 4.79 Å². The number of ether oxygens (including phenoxy) is 2. The van der Waals surface area contributed by atoms with Crippen LogP contribution in [0, 0.1) is 23.7 Å². The molecule has 8 heteroatoms. The van der Waals surface area contributed by atoms with Gasteiger partial charge < -0.3 is 14.8 Å². The minimum absolute atomic E-state index is 0.0338. The van der Waals surface area contributed by atoms with Gasteiger partial charge in [-0.3, -0.25) is 19.3 Å². The summed E-state index contributed by atoms with van der Waals surface area (Å²) in [6.07, 6.45) is 4.94. The number of fused-ring (bicyclic) bond motifs is 5. The molecule has 0 radical (unpaired) electrons. The Labute approximate surface area is 202 Å². The highest BCUT2D eigenvalue weighted by molar-refractivity contribution is 6.09. The molecule has 0 unspecified atom stereocenters. The van der Waals surface area contributed by atoms with E-state index in [9.17, 15) is 19.2 Å². The van der Waals surface area contributed by atoms with Crippen molar-refractivity contribution in [1.29, 1.82) is 0 Å². The zero-order chi connectivity index (χ0) is 24.5. The first-order chi connectivity index (χ1) is 17.0. The number of allylic oxidation sites excluding steroid dienone is 2. The molecule has 180 valence electrons. The lowest BCUT2D eigenvalue weighted by Gasteiger charge is -2.26. The molecule has 1 saturated carbocycles. The molecule has 2 aromatic carbocycles. The SMILES string of the molecule is COc1ccccc1NC(=O)COC(=O)[C@H](Cc1ccccc1)N1C(=O)[C@@H]2[C@H](C1=O)[C@H]1C=C[C@H]2C1. The van der Waals surface area contributed by atoms with Crippen molar-refractivity contribution < 1.29 is 28.7 Å². The summed E-state index contributed by atoms with van der Waals surface area (Å²) >= 11 is 0. The van der Waals surface area contributed by atoms with Crippen LogP contribution in [0.5, 0.6) is 5.75 Å². The number of methoxy groups -OCH3 is 1. The van der Waals surface area contributed by atoms with Crippen molar-refractivity contribution in [2.75, 3.05) is 19.0 Å². The summed E-state index contributed by atoms with van der Waals surface area (Å²) in [6.45, 7) is -0.557. The molecule has 0 aromatic heterocycles. The van der Waals surface area contributed by atoms with Gasteiger partial charge in [0.25, 0.3) is 5.91 Å². The lowest BCUT2D eigenvalue weighted by Crippen LogP contribution is -2.48. The number of benzene rings is 2. The van der Waals surface area contributed by atoms with E-state index < -0.39 is 36.4 Å². The first-order valence-electron chi connectivity index (χ1n) is 11.7. The molecule has 2 aromatic rings. The highest BCUT2D eigenvalue weighted by Gasteiger charge is 2.61. The van der Waals surface area contributed by atoms with Crippen LogP contribution >= 0.6 is 0 Å². The van der Waals surface area contributed by atoms with Crippen LogP contribution in [0.15, 0.2) is 66.7 Å². The number of nitrogens with zero attached hydrogens (tertiary/aromatic N) is 1. The topological polar surface area (TPSA) is 102 Å². The number of imide groups is 1. The van der Waals surface area contributed by atoms with E-state index >= 15 is 0 Å². The second-order valence-electron chi connectivity index (χ2n) is 9.11. The average Bonchev–Trinajstić information content (AvgIpc) is 3.56. The van der Waals surface area contributed by atoms with Gasteiger partial charge >= 0.3 is 5.97 Å². The number of para-hydroxylation sites is 2. The van der Waals surface area contributed by atoms with E-state index in [4.69, 9.17) is 9.47 Å². The predicted molar refractivity (Wildman–Crippen MR) is 126 cm³/mol. The van der Waals surface area contributed by atoms with Gasteiger partial charge in [0.1, 0.15) is 11.8 Å². The number of esters is 1. The third-order valence-corrected chi connectivity index (χ3v) is 7.09. The van der Waals surface area contributed by atoms with Crippen LogP contribution in [0.1, 0.15) is 12.0 Å². The molecule has 8 nitrogen and oxygen atoms in total. The van der Waals surface area contributed by atoms with Gasteiger partial charge in [0.2, 0.25) is 11.8 Å². The molecule has 2 bridgehead atoms.